The minimum atomic E-state index is -0.537. The first-order chi connectivity index (χ1) is 18.3. The van der Waals surface area contributed by atoms with Crippen LogP contribution in [0.1, 0.15) is 46.1 Å². The maximum atomic E-state index is 9.72. The molecule has 0 aliphatic carbocycles. The van der Waals surface area contributed by atoms with Gasteiger partial charge >= 0.3 is 0 Å². The Kier molecular flexibility index (Phi) is 7.16. The van der Waals surface area contributed by atoms with E-state index in [9.17, 15) is 5.11 Å². The summed E-state index contributed by atoms with van der Waals surface area (Å²) in [7, 11) is 0. The van der Waals surface area contributed by atoms with E-state index in [0.29, 0.717) is 30.9 Å². The standard InChI is InChI=1S/C28H35N7O3/c1-17(18(2)19(3)22-6-7-29-27-25(22)37-8-9-38-27)12-30-24-11-23(32-16-33-24)20-10-21-14-34-35(26(21)31-13-20)28(4,5)15-36/h6-7,10-11,13-14,16-19,36H,8-9,12,15H2,1-5H3,(H,30,32,33)/t17?,18-,19?/m1/s1. The topological polar surface area (TPSA) is 120 Å². The second kappa shape index (κ2) is 10.5. The normalized spacial score (nSPS) is 15.7. The molecule has 0 radical (unpaired) electrons. The lowest BCUT2D eigenvalue weighted by Crippen LogP contribution is -2.31. The number of anilines is 1. The number of nitrogens with one attached hydrogen (secondary N) is 1. The highest BCUT2D eigenvalue weighted by atomic mass is 16.6. The van der Waals surface area contributed by atoms with E-state index in [-0.39, 0.29) is 12.5 Å². The molecule has 200 valence electrons. The number of nitrogens with zero attached hydrogens (tertiary/aromatic N) is 6. The van der Waals surface area contributed by atoms with E-state index in [1.165, 1.54) is 0 Å². The molecule has 0 saturated carbocycles. The number of hydrogen-bond donors (Lipinski definition) is 2. The minimum Gasteiger partial charge on any atom is -0.484 e. The molecule has 4 aromatic heterocycles. The van der Waals surface area contributed by atoms with Crippen molar-refractivity contribution >= 4 is 16.9 Å². The molecular weight excluding hydrogens is 482 g/mol. The molecule has 4 aromatic rings. The average Bonchev–Trinajstić information content (AvgIpc) is 3.39. The highest BCUT2D eigenvalue weighted by Crippen LogP contribution is 2.40. The van der Waals surface area contributed by atoms with Gasteiger partial charge in [-0.25, -0.2) is 24.6 Å². The largest absolute Gasteiger partial charge is 0.484 e. The van der Waals surface area contributed by atoms with Gasteiger partial charge in [0.1, 0.15) is 25.4 Å². The number of ether oxygens (including phenoxy) is 2. The van der Waals surface area contributed by atoms with Crippen molar-refractivity contribution in [1.82, 2.24) is 29.7 Å². The predicted molar refractivity (Wildman–Crippen MR) is 145 cm³/mol. The lowest BCUT2D eigenvalue weighted by molar-refractivity contribution is 0.156. The highest BCUT2D eigenvalue weighted by Gasteiger charge is 2.27. The van der Waals surface area contributed by atoms with Gasteiger partial charge in [0.25, 0.3) is 5.88 Å². The number of aliphatic hydroxyl groups is 1. The Balaban J connectivity index is 1.27. The summed E-state index contributed by atoms with van der Waals surface area (Å²) in [6.07, 6.45) is 6.91. The van der Waals surface area contributed by atoms with Crippen molar-refractivity contribution in [2.75, 3.05) is 31.7 Å². The smallest absolute Gasteiger partial charge is 0.257 e. The molecule has 0 bridgehead atoms. The third-order valence-electron chi connectivity index (χ3n) is 7.58. The minimum absolute atomic E-state index is 0.0308. The van der Waals surface area contributed by atoms with Crippen LogP contribution in [0.3, 0.4) is 0 Å². The first kappa shape index (κ1) is 25.8. The molecule has 0 fully saturated rings. The van der Waals surface area contributed by atoms with Crippen LogP contribution in [-0.2, 0) is 5.54 Å². The van der Waals surface area contributed by atoms with E-state index < -0.39 is 5.54 Å². The van der Waals surface area contributed by atoms with Crippen LogP contribution in [0.25, 0.3) is 22.3 Å². The maximum absolute atomic E-state index is 9.72. The van der Waals surface area contributed by atoms with Gasteiger partial charge in [-0.15, -0.1) is 0 Å². The molecule has 2 N–H and O–H groups in total. The van der Waals surface area contributed by atoms with Crippen molar-refractivity contribution in [3.8, 4) is 22.9 Å². The van der Waals surface area contributed by atoms with Crippen molar-refractivity contribution in [3.05, 3.63) is 48.7 Å². The van der Waals surface area contributed by atoms with Gasteiger partial charge in [0.05, 0.1) is 24.0 Å². The summed E-state index contributed by atoms with van der Waals surface area (Å²) in [6.45, 7) is 12.4. The Bertz CT molecular complexity index is 1420. The first-order valence-corrected chi connectivity index (χ1v) is 13.0. The fourth-order valence-corrected chi connectivity index (χ4v) is 4.74. The Hall–Kier alpha value is -3.79. The second-order valence-electron chi connectivity index (χ2n) is 10.7. The quantitative estimate of drug-likeness (QED) is 0.335. The molecule has 0 saturated heterocycles. The van der Waals surface area contributed by atoms with Crippen LogP contribution in [-0.4, -0.2) is 61.2 Å². The van der Waals surface area contributed by atoms with Gasteiger partial charge in [-0.3, -0.25) is 0 Å². The fourth-order valence-electron chi connectivity index (χ4n) is 4.74. The number of fused-ring (bicyclic) bond motifs is 2. The monoisotopic (exact) mass is 517 g/mol. The molecular formula is C28H35N7O3. The van der Waals surface area contributed by atoms with E-state index in [1.54, 1.807) is 29.6 Å². The molecule has 10 heteroatoms. The lowest BCUT2D eigenvalue weighted by Gasteiger charge is -2.29. The zero-order valence-electron chi connectivity index (χ0n) is 22.5. The zero-order chi connectivity index (χ0) is 26.9. The summed E-state index contributed by atoms with van der Waals surface area (Å²) in [6, 6.07) is 5.99. The van der Waals surface area contributed by atoms with Crippen molar-refractivity contribution < 1.29 is 14.6 Å². The Morgan fingerprint density at radius 1 is 1.05 bits per heavy atom. The summed E-state index contributed by atoms with van der Waals surface area (Å²) in [5.74, 6) is 3.11. The summed E-state index contributed by atoms with van der Waals surface area (Å²) in [5.41, 5.74) is 2.98. The Labute approximate surface area is 222 Å². The lowest BCUT2D eigenvalue weighted by atomic mass is 9.81. The van der Waals surface area contributed by atoms with Crippen LogP contribution >= 0.6 is 0 Å². The van der Waals surface area contributed by atoms with Gasteiger partial charge in [-0.1, -0.05) is 20.8 Å². The van der Waals surface area contributed by atoms with E-state index in [4.69, 9.17) is 9.47 Å². The zero-order valence-corrected chi connectivity index (χ0v) is 22.5. The van der Waals surface area contributed by atoms with Gasteiger partial charge in [-0.2, -0.15) is 5.10 Å². The van der Waals surface area contributed by atoms with Crippen molar-refractivity contribution in [3.63, 3.8) is 0 Å². The Morgan fingerprint density at radius 2 is 1.87 bits per heavy atom. The van der Waals surface area contributed by atoms with Crippen molar-refractivity contribution in [2.24, 2.45) is 11.8 Å². The fraction of sp³-hybridized carbons (Fsp3) is 0.464. The number of rotatable bonds is 9. The van der Waals surface area contributed by atoms with Gasteiger partial charge in [0, 0.05) is 41.5 Å². The number of aromatic nitrogens is 6. The van der Waals surface area contributed by atoms with Gasteiger partial charge in [0.15, 0.2) is 11.4 Å². The molecule has 5 heterocycles. The van der Waals surface area contributed by atoms with Gasteiger partial charge in [-0.05, 0) is 43.7 Å². The molecule has 3 atom stereocenters. The number of hydrogen-bond acceptors (Lipinski definition) is 9. The van der Waals surface area contributed by atoms with Crippen LogP contribution in [0.5, 0.6) is 11.6 Å². The van der Waals surface area contributed by atoms with E-state index in [0.717, 1.165) is 46.0 Å². The SMILES string of the molecule is CC(CNc1cc(-c2cnc3c(cnn3C(C)(C)CO)c2)ncn1)[C@@H](C)C(C)c1ccnc2c1OCCO2. The number of aliphatic hydroxyl groups excluding tert-OH is 1. The van der Waals surface area contributed by atoms with Crippen molar-refractivity contribution in [1.29, 1.82) is 0 Å². The van der Waals surface area contributed by atoms with E-state index in [1.807, 2.05) is 32.0 Å². The van der Waals surface area contributed by atoms with Crippen LogP contribution in [0.2, 0.25) is 0 Å². The number of pyridine rings is 2. The second-order valence-corrected chi connectivity index (χ2v) is 10.7. The molecule has 0 aromatic carbocycles. The predicted octanol–water partition coefficient (Wildman–Crippen LogP) is 4.27. The van der Waals surface area contributed by atoms with Crippen LogP contribution in [0, 0.1) is 11.8 Å². The van der Waals surface area contributed by atoms with Crippen molar-refractivity contribution in [2.45, 2.75) is 46.1 Å². The van der Waals surface area contributed by atoms with Crippen LogP contribution in [0.4, 0.5) is 5.82 Å². The van der Waals surface area contributed by atoms with E-state index >= 15 is 0 Å². The molecule has 0 amide bonds. The summed E-state index contributed by atoms with van der Waals surface area (Å²) >= 11 is 0. The summed E-state index contributed by atoms with van der Waals surface area (Å²) in [5, 5.41) is 18.5. The van der Waals surface area contributed by atoms with E-state index in [2.05, 4.69) is 51.1 Å². The Morgan fingerprint density at radius 3 is 2.68 bits per heavy atom. The molecule has 10 nitrogen and oxygen atoms in total. The highest BCUT2D eigenvalue weighted by molar-refractivity contribution is 5.80. The first-order valence-electron chi connectivity index (χ1n) is 13.0. The molecule has 2 unspecified atom stereocenters. The summed E-state index contributed by atoms with van der Waals surface area (Å²) in [4.78, 5) is 17.8. The third kappa shape index (κ3) is 5.00. The van der Waals surface area contributed by atoms with Crippen LogP contribution < -0.4 is 14.8 Å². The molecule has 1 aliphatic rings. The average molecular weight is 518 g/mol. The van der Waals surface area contributed by atoms with Gasteiger partial charge < -0.3 is 19.9 Å². The molecule has 38 heavy (non-hydrogen) atoms. The maximum Gasteiger partial charge on any atom is 0.257 e. The molecule has 5 rings (SSSR count). The van der Waals surface area contributed by atoms with Gasteiger partial charge in [0.2, 0.25) is 0 Å². The summed E-state index contributed by atoms with van der Waals surface area (Å²) < 4.78 is 13.3. The third-order valence-corrected chi connectivity index (χ3v) is 7.58. The molecule has 1 aliphatic heterocycles. The van der Waals surface area contributed by atoms with Crippen LogP contribution in [0.15, 0.2) is 43.1 Å². The molecule has 0 spiro atoms.